The van der Waals surface area contributed by atoms with Gasteiger partial charge in [0.2, 0.25) is 0 Å². The van der Waals surface area contributed by atoms with Crippen molar-refractivity contribution in [3.63, 3.8) is 0 Å². The third kappa shape index (κ3) is 4.97. The van der Waals surface area contributed by atoms with Crippen LogP contribution in [-0.4, -0.2) is 79.5 Å². The fourth-order valence-electron chi connectivity index (χ4n) is 2.56. The van der Waals surface area contributed by atoms with Crippen molar-refractivity contribution in [1.82, 2.24) is 9.80 Å². The van der Waals surface area contributed by atoms with Gasteiger partial charge in [0.1, 0.15) is 0 Å². The Balaban J connectivity index is 1.70. The molecule has 0 aliphatic carbocycles. The minimum Gasteiger partial charge on any atom is -0.390 e. The topological polar surface area (TPSA) is 74.3 Å². The molecule has 6 heteroatoms. The highest BCUT2D eigenvalue weighted by Gasteiger charge is 2.16. The summed E-state index contributed by atoms with van der Waals surface area (Å²) in [5.74, 6) is 0.584. The zero-order chi connectivity index (χ0) is 13.5. The SMILES string of the molecule is NC(=NCC(O)CN1CCOCC1)N1CCCCC1. The normalized spacial score (nSPS) is 24.5. The van der Waals surface area contributed by atoms with Crippen molar-refractivity contribution >= 4 is 5.96 Å². The number of guanidine groups is 1. The lowest BCUT2D eigenvalue weighted by atomic mass is 10.1. The fraction of sp³-hybridized carbons (Fsp3) is 0.923. The molecule has 0 aromatic rings. The van der Waals surface area contributed by atoms with Gasteiger partial charge in [0.05, 0.1) is 25.9 Å². The number of rotatable bonds is 4. The Morgan fingerprint density at radius 3 is 2.53 bits per heavy atom. The summed E-state index contributed by atoms with van der Waals surface area (Å²) in [5, 5.41) is 9.99. The molecule has 0 aromatic heterocycles. The number of piperidine rings is 1. The molecule has 1 atom stereocenters. The van der Waals surface area contributed by atoms with E-state index in [-0.39, 0.29) is 0 Å². The van der Waals surface area contributed by atoms with E-state index in [9.17, 15) is 5.11 Å². The first kappa shape index (κ1) is 14.6. The Kier molecular flexibility index (Phi) is 5.88. The summed E-state index contributed by atoms with van der Waals surface area (Å²) in [7, 11) is 0. The highest BCUT2D eigenvalue weighted by atomic mass is 16.5. The molecular formula is C13H26N4O2. The molecule has 1 unspecified atom stereocenters. The first-order valence-corrected chi connectivity index (χ1v) is 7.29. The van der Waals surface area contributed by atoms with E-state index in [1.807, 2.05) is 0 Å². The Morgan fingerprint density at radius 1 is 1.16 bits per heavy atom. The van der Waals surface area contributed by atoms with Gasteiger partial charge >= 0.3 is 0 Å². The number of nitrogens with two attached hydrogens (primary N) is 1. The van der Waals surface area contributed by atoms with Gasteiger partial charge in [-0.1, -0.05) is 0 Å². The number of morpholine rings is 1. The minimum atomic E-state index is -0.443. The van der Waals surface area contributed by atoms with Crippen molar-refractivity contribution in [1.29, 1.82) is 0 Å². The van der Waals surface area contributed by atoms with Crippen molar-refractivity contribution in [3.05, 3.63) is 0 Å². The molecule has 0 saturated carbocycles. The third-order valence-electron chi connectivity index (χ3n) is 3.72. The molecule has 0 amide bonds. The molecule has 19 heavy (non-hydrogen) atoms. The van der Waals surface area contributed by atoms with E-state index in [1.165, 1.54) is 19.3 Å². The van der Waals surface area contributed by atoms with E-state index in [1.54, 1.807) is 0 Å². The number of hydrogen-bond acceptors (Lipinski definition) is 4. The smallest absolute Gasteiger partial charge is 0.191 e. The molecule has 0 bridgehead atoms. The number of ether oxygens (including phenoxy) is 1. The van der Waals surface area contributed by atoms with E-state index >= 15 is 0 Å². The Hall–Kier alpha value is -0.850. The van der Waals surface area contributed by atoms with E-state index in [0.29, 0.717) is 19.0 Å². The molecular weight excluding hydrogens is 244 g/mol. The monoisotopic (exact) mass is 270 g/mol. The predicted octanol–water partition coefficient (Wildman–Crippen LogP) is -0.520. The van der Waals surface area contributed by atoms with Gasteiger partial charge in [-0.3, -0.25) is 9.89 Å². The minimum absolute atomic E-state index is 0.389. The highest BCUT2D eigenvalue weighted by Crippen LogP contribution is 2.08. The molecule has 0 spiro atoms. The zero-order valence-corrected chi connectivity index (χ0v) is 11.6. The molecule has 2 aliphatic rings. The number of aliphatic hydroxyl groups is 1. The molecule has 2 saturated heterocycles. The van der Waals surface area contributed by atoms with Gasteiger partial charge in [0.25, 0.3) is 0 Å². The zero-order valence-electron chi connectivity index (χ0n) is 11.6. The summed E-state index contributed by atoms with van der Waals surface area (Å²) in [5.41, 5.74) is 5.96. The number of β-amino-alcohol motifs (C(OH)–C–C–N with tert-alkyl or cyclic N) is 1. The molecule has 0 aromatic carbocycles. The molecule has 2 rings (SSSR count). The maximum Gasteiger partial charge on any atom is 0.191 e. The Labute approximate surface area is 115 Å². The number of hydrogen-bond donors (Lipinski definition) is 2. The van der Waals surface area contributed by atoms with Gasteiger partial charge in [-0.15, -0.1) is 0 Å². The largest absolute Gasteiger partial charge is 0.390 e. The number of nitrogens with zero attached hydrogens (tertiary/aromatic N) is 3. The lowest BCUT2D eigenvalue weighted by molar-refractivity contribution is 0.0164. The van der Waals surface area contributed by atoms with Gasteiger partial charge in [-0.25, -0.2) is 0 Å². The summed E-state index contributed by atoms with van der Waals surface area (Å²) >= 11 is 0. The average molecular weight is 270 g/mol. The van der Waals surface area contributed by atoms with Gasteiger partial charge in [0, 0.05) is 32.7 Å². The molecule has 110 valence electrons. The maximum absolute atomic E-state index is 9.99. The molecule has 0 radical (unpaired) electrons. The van der Waals surface area contributed by atoms with Crippen LogP contribution in [0.4, 0.5) is 0 Å². The average Bonchev–Trinajstić information content (AvgIpc) is 2.47. The Bertz CT molecular complexity index is 286. The summed E-state index contributed by atoms with van der Waals surface area (Å²) in [6, 6.07) is 0. The standard InChI is InChI=1S/C13H26N4O2/c14-13(17-4-2-1-3-5-17)15-10-12(18)11-16-6-8-19-9-7-16/h12,18H,1-11H2,(H2,14,15). The first-order valence-electron chi connectivity index (χ1n) is 7.29. The van der Waals surface area contributed by atoms with Crippen molar-refractivity contribution in [2.24, 2.45) is 10.7 Å². The van der Waals surface area contributed by atoms with Crippen LogP contribution in [0.1, 0.15) is 19.3 Å². The third-order valence-corrected chi connectivity index (χ3v) is 3.72. The molecule has 3 N–H and O–H groups in total. The van der Waals surface area contributed by atoms with Crippen LogP contribution >= 0.6 is 0 Å². The van der Waals surface area contributed by atoms with Crippen LogP contribution in [0, 0.1) is 0 Å². The maximum atomic E-state index is 9.99. The second-order valence-corrected chi connectivity index (χ2v) is 5.31. The van der Waals surface area contributed by atoms with Gasteiger partial charge in [0.15, 0.2) is 5.96 Å². The van der Waals surface area contributed by atoms with Crippen LogP contribution in [0.3, 0.4) is 0 Å². The van der Waals surface area contributed by atoms with Crippen molar-refractivity contribution < 1.29 is 9.84 Å². The van der Waals surface area contributed by atoms with Crippen molar-refractivity contribution in [3.8, 4) is 0 Å². The molecule has 2 fully saturated rings. The molecule has 2 aliphatic heterocycles. The van der Waals surface area contributed by atoms with Crippen LogP contribution in [0.15, 0.2) is 4.99 Å². The van der Waals surface area contributed by atoms with E-state index in [2.05, 4.69) is 14.8 Å². The number of likely N-dealkylation sites (tertiary alicyclic amines) is 1. The summed E-state index contributed by atoms with van der Waals surface area (Å²) in [6.45, 7) is 6.33. The Morgan fingerprint density at radius 2 is 1.84 bits per heavy atom. The van der Waals surface area contributed by atoms with E-state index < -0.39 is 6.10 Å². The van der Waals surface area contributed by atoms with Crippen molar-refractivity contribution in [2.45, 2.75) is 25.4 Å². The van der Waals surface area contributed by atoms with Gasteiger partial charge < -0.3 is 20.5 Å². The van der Waals surface area contributed by atoms with Gasteiger partial charge in [-0.2, -0.15) is 0 Å². The lowest BCUT2D eigenvalue weighted by Gasteiger charge is -2.29. The van der Waals surface area contributed by atoms with Crippen LogP contribution in [0.25, 0.3) is 0 Å². The second kappa shape index (κ2) is 7.67. The van der Waals surface area contributed by atoms with E-state index in [4.69, 9.17) is 10.5 Å². The van der Waals surface area contributed by atoms with Crippen LogP contribution < -0.4 is 5.73 Å². The predicted molar refractivity (Wildman–Crippen MR) is 75.2 cm³/mol. The van der Waals surface area contributed by atoms with Gasteiger partial charge in [-0.05, 0) is 19.3 Å². The second-order valence-electron chi connectivity index (χ2n) is 5.31. The summed E-state index contributed by atoms with van der Waals surface area (Å²) in [6.07, 6.45) is 3.21. The lowest BCUT2D eigenvalue weighted by Crippen LogP contribution is -2.43. The quantitative estimate of drug-likeness (QED) is 0.531. The number of aliphatic hydroxyl groups excluding tert-OH is 1. The number of aliphatic imine (C=N–C) groups is 1. The van der Waals surface area contributed by atoms with Crippen LogP contribution in [0.2, 0.25) is 0 Å². The molecule has 6 nitrogen and oxygen atoms in total. The van der Waals surface area contributed by atoms with Crippen LogP contribution in [0.5, 0.6) is 0 Å². The first-order chi connectivity index (χ1) is 9.25. The summed E-state index contributed by atoms with van der Waals surface area (Å²) < 4.78 is 5.28. The molecule has 2 heterocycles. The fourth-order valence-corrected chi connectivity index (χ4v) is 2.56. The van der Waals surface area contributed by atoms with Crippen LogP contribution in [-0.2, 0) is 4.74 Å². The van der Waals surface area contributed by atoms with E-state index in [0.717, 1.165) is 39.4 Å². The summed E-state index contributed by atoms with van der Waals surface area (Å²) in [4.78, 5) is 8.65. The van der Waals surface area contributed by atoms with Crippen molar-refractivity contribution in [2.75, 3.05) is 52.5 Å². The highest BCUT2D eigenvalue weighted by molar-refractivity contribution is 5.78.